The highest BCUT2D eigenvalue weighted by atomic mass is 16.5. The summed E-state index contributed by atoms with van der Waals surface area (Å²) in [5.41, 5.74) is 4.76. The normalized spacial score (nSPS) is 11.0. The molecule has 2 N–H and O–H groups in total. The van der Waals surface area contributed by atoms with E-state index >= 15 is 0 Å². The van der Waals surface area contributed by atoms with Crippen LogP contribution in [-0.2, 0) is 0 Å². The van der Waals surface area contributed by atoms with Gasteiger partial charge in [-0.2, -0.15) is 5.10 Å². The van der Waals surface area contributed by atoms with Gasteiger partial charge in [-0.25, -0.2) is 0 Å². The van der Waals surface area contributed by atoms with Crippen molar-refractivity contribution in [2.45, 2.75) is 0 Å². The maximum atomic E-state index is 9.55. The van der Waals surface area contributed by atoms with Gasteiger partial charge in [0.25, 0.3) is 0 Å². The predicted molar refractivity (Wildman–Crippen MR) is 89.8 cm³/mol. The van der Waals surface area contributed by atoms with E-state index in [-0.39, 0.29) is 5.75 Å². The lowest BCUT2D eigenvalue weighted by molar-refractivity contribution is 0.373. The van der Waals surface area contributed by atoms with Gasteiger partial charge < -0.3 is 9.84 Å². The molecule has 0 amide bonds. The van der Waals surface area contributed by atoms with Gasteiger partial charge in [-0.1, -0.05) is 30.3 Å². The molecule has 3 aromatic rings. The maximum absolute atomic E-state index is 9.55. The van der Waals surface area contributed by atoms with Crippen molar-refractivity contribution in [1.29, 1.82) is 0 Å². The van der Waals surface area contributed by atoms with Crippen LogP contribution in [-0.4, -0.2) is 18.4 Å². The number of aromatic hydroxyl groups is 1. The fourth-order valence-electron chi connectivity index (χ4n) is 2.21. The molecule has 0 atom stereocenters. The summed E-state index contributed by atoms with van der Waals surface area (Å²) in [6, 6.07) is 19.3. The molecule has 3 aromatic carbocycles. The van der Waals surface area contributed by atoms with Crippen molar-refractivity contribution in [1.82, 2.24) is 0 Å². The molecule has 110 valence electrons. The molecule has 0 spiro atoms. The lowest BCUT2D eigenvalue weighted by atomic mass is 10.1. The van der Waals surface area contributed by atoms with Crippen LogP contribution < -0.4 is 10.2 Å². The fraction of sp³-hybridized carbons (Fsp3) is 0.0556. The van der Waals surface area contributed by atoms with Gasteiger partial charge in [0.15, 0.2) is 11.5 Å². The first kappa shape index (κ1) is 13.9. The second-order valence-electron chi connectivity index (χ2n) is 4.86. The summed E-state index contributed by atoms with van der Waals surface area (Å²) < 4.78 is 5.07. The van der Waals surface area contributed by atoms with Gasteiger partial charge in [-0.3, -0.25) is 5.43 Å². The average Bonchev–Trinajstić information content (AvgIpc) is 2.56. The molecule has 22 heavy (non-hydrogen) atoms. The Morgan fingerprint density at radius 1 is 1.00 bits per heavy atom. The zero-order valence-electron chi connectivity index (χ0n) is 12.2. The summed E-state index contributed by atoms with van der Waals surface area (Å²) in [4.78, 5) is 0. The van der Waals surface area contributed by atoms with Crippen LogP contribution in [0.5, 0.6) is 11.5 Å². The van der Waals surface area contributed by atoms with Crippen LogP contribution in [0, 0.1) is 0 Å². The molecule has 0 aliphatic rings. The topological polar surface area (TPSA) is 53.8 Å². The number of anilines is 1. The van der Waals surface area contributed by atoms with Gasteiger partial charge in [-0.15, -0.1) is 0 Å². The molecule has 0 aromatic heterocycles. The number of nitrogens with zero attached hydrogens (tertiary/aromatic N) is 1. The van der Waals surface area contributed by atoms with E-state index in [1.165, 1.54) is 12.5 Å². The van der Waals surface area contributed by atoms with Crippen molar-refractivity contribution < 1.29 is 9.84 Å². The minimum Gasteiger partial charge on any atom is -0.504 e. The standard InChI is InChI=1S/C18H16N2O2/c1-22-18-10-13(6-9-17(18)21)12-19-20-16-8-7-14-4-2-3-5-15(14)11-16/h2-12,20-21H,1H3. The third-order valence-corrected chi connectivity index (χ3v) is 3.36. The SMILES string of the molecule is COc1cc(C=NNc2ccc3ccccc3c2)ccc1O. The van der Waals surface area contributed by atoms with E-state index in [9.17, 15) is 5.11 Å². The largest absolute Gasteiger partial charge is 0.504 e. The Bertz CT molecular complexity index is 828. The van der Waals surface area contributed by atoms with Gasteiger partial charge in [-0.05, 0) is 46.7 Å². The quantitative estimate of drug-likeness (QED) is 0.564. The van der Waals surface area contributed by atoms with Gasteiger partial charge in [0, 0.05) is 0 Å². The van der Waals surface area contributed by atoms with E-state index in [2.05, 4.69) is 28.7 Å². The number of nitrogens with one attached hydrogen (secondary N) is 1. The second kappa shape index (κ2) is 6.18. The number of methoxy groups -OCH3 is 1. The Kier molecular flexibility index (Phi) is 3.92. The van der Waals surface area contributed by atoms with E-state index in [1.807, 2.05) is 24.3 Å². The Morgan fingerprint density at radius 2 is 1.82 bits per heavy atom. The van der Waals surface area contributed by atoms with Crippen LogP contribution in [0.1, 0.15) is 5.56 Å². The third kappa shape index (κ3) is 3.01. The molecular formula is C18H16N2O2. The highest BCUT2D eigenvalue weighted by molar-refractivity contribution is 5.86. The molecule has 0 aliphatic heterocycles. The Hall–Kier alpha value is -3.01. The number of benzene rings is 3. The van der Waals surface area contributed by atoms with Crippen molar-refractivity contribution >= 4 is 22.7 Å². The van der Waals surface area contributed by atoms with Crippen LogP contribution in [0.2, 0.25) is 0 Å². The molecular weight excluding hydrogens is 276 g/mol. The molecule has 0 radical (unpaired) electrons. The number of ether oxygens (including phenoxy) is 1. The predicted octanol–water partition coefficient (Wildman–Crippen LogP) is 4.00. The van der Waals surface area contributed by atoms with Crippen LogP contribution in [0.25, 0.3) is 10.8 Å². The molecule has 0 unspecified atom stereocenters. The number of fused-ring (bicyclic) bond motifs is 1. The Labute approximate surface area is 128 Å². The molecule has 0 saturated heterocycles. The van der Waals surface area contributed by atoms with Crippen molar-refractivity contribution in [3.8, 4) is 11.5 Å². The molecule has 0 aliphatic carbocycles. The molecule has 0 fully saturated rings. The highest BCUT2D eigenvalue weighted by Gasteiger charge is 2.00. The van der Waals surface area contributed by atoms with E-state index in [1.54, 1.807) is 24.4 Å². The second-order valence-corrected chi connectivity index (χ2v) is 4.86. The lowest BCUT2D eigenvalue weighted by Crippen LogP contribution is -1.92. The number of rotatable bonds is 4. The van der Waals surface area contributed by atoms with E-state index in [4.69, 9.17) is 4.74 Å². The highest BCUT2D eigenvalue weighted by Crippen LogP contribution is 2.25. The first-order chi connectivity index (χ1) is 10.8. The Balaban J connectivity index is 1.75. The average molecular weight is 292 g/mol. The third-order valence-electron chi connectivity index (χ3n) is 3.36. The smallest absolute Gasteiger partial charge is 0.161 e. The summed E-state index contributed by atoms with van der Waals surface area (Å²) in [5, 5.41) is 16.1. The number of phenols is 1. The van der Waals surface area contributed by atoms with E-state index in [0.29, 0.717) is 5.75 Å². The van der Waals surface area contributed by atoms with Gasteiger partial charge in [0.05, 0.1) is 19.0 Å². The number of hydrogen-bond acceptors (Lipinski definition) is 4. The van der Waals surface area contributed by atoms with Crippen molar-refractivity contribution in [3.63, 3.8) is 0 Å². The van der Waals surface area contributed by atoms with Gasteiger partial charge >= 0.3 is 0 Å². The van der Waals surface area contributed by atoms with Crippen LogP contribution >= 0.6 is 0 Å². The lowest BCUT2D eigenvalue weighted by Gasteiger charge is -2.04. The monoisotopic (exact) mass is 292 g/mol. The molecule has 3 rings (SSSR count). The summed E-state index contributed by atoms with van der Waals surface area (Å²) in [6.07, 6.45) is 1.68. The van der Waals surface area contributed by atoms with Gasteiger partial charge in [0.1, 0.15) is 0 Å². The zero-order chi connectivity index (χ0) is 15.4. The summed E-state index contributed by atoms with van der Waals surface area (Å²) in [5.74, 6) is 0.539. The number of hydrogen-bond donors (Lipinski definition) is 2. The van der Waals surface area contributed by atoms with Crippen LogP contribution in [0.15, 0.2) is 65.8 Å². The maximum Gasteiger partial charge on any atom is 0.161 e. The summed E-state index contributed by atoms with van der Waals surface area (Å²) in [6.45, 7) is 0. The minimum absolute atomic E-state index is 0.113. The Morgan fingerprint density at radius 3 is 2.64 bits per heavy atom. The van der Waals surface area contributed by atoms with E-state index < -0.39 is 0 Å². The summed E-state index contributed by atoms with van der Waals surface area (Å²) in [7, 11) is 1.52. The first-order valence-corrected chi connectivity index (χ1v) is 6.91. The minimum atomic E-state index is 0.113. The first-order valence-electron chi connectivity index (χ1n) is 6.91. The summed E-state index contributed by atoms with van der Waals surface area (Å²) >= 11 is 0. The van der Waals surface area contributed by atoms with E-state index in [0.717, 1.165) is 16.6 Å². The molecule has 4 heteroatoms. The zero-order valence-corrected chi connectivity index (χ0v) is 12.2. The van der Waals surface area contributed by atoms with Crippen molar-refractivity contribution in [3.05, 3.63) is 66.2 Å². The molecule has 0 saturated carbocycles. The number of hydrazone groups is 1. The number of phenolic OH excluding ortho intramolecular Hbond substituents is 1. The van der Waals surface area contributed by atoms with Crippen molar-refractivity contribution in [2.24, 2.45) is 5.10 Å². The van der Waals surface area contributed by atoms with Crippen LogP contribution in [0.4, 0.5) is 5.69 Å². The fourth-order valence-corrected chi connectivity index (χ4v) is 2.21. The van der Waals surface area contributed by atoms with Gasteiger partial charge in [0.2, 0.25) is 0 Å². The van der Waals surface area contributed by atoms with Crippen molar-refractivity contribution in [2.75, 3.05) is 12.5 Å². The molecule has 0 heterocycles. The molecule has 4 nitrogen and oxygen atoms in total. The van der Waals surface area contributed by atoms with Crippen LogP contribution in [0.3, 0.4) is 0 Å². The molecule has 0 bridgehead atoms.